The maximum Gasteiger partial charge on any atom is 0.0899 e. The first-order valence-corrected chi connectivity index (χ1v) is 9.91. The SMILES string of the molecule is Cc1cnc(C)cn1.Cc1nc(C)c(C)c(C)c1C.Cc1nc(C)c(C)s1. The molecule has 0 bridgehead atoms. The first-order chi connectivity index (χ1) is 12.5. The van der Waals surface area contributed by atoms with E-state index in [4.69, 9.17) is 0 Å². The van der Waals surface area contributed by atoms with Gasteiger partial charge in [-0.05, 0) is 85.9 Å². The molecule has 0 aromatic carbocycles. The molecule has 0 saturated carbocycles. The van der Waals surface area contributed by atoms with Crippen LogP contribution in [0, 0.1) is 69.2 Å². The Morgan fingerprint density at radius 2 is 1.00 bits per heavy atom. The molecule has 0 fully saturated rings. The van der Waals surface area contributed by atoms with Gasteiger partial charge in [0.1, 0.15) is 0 Å². The van der Waals surface area contributed by atoms with Crippen LogP contribution in [0.15, 0.2) is 12.4 Å². The van der Waals surface area contributed by atoms with E-state index >= 15 is 0 Å². The predicted octanol–water partition coefficient (Wildman–Crippen LogP) is 5.79. The van der Waals surface area contributed by atoms with Gasteiger partial charge in [0.15, 0.2) is 0 Å². The Labute approximate surface area is 168 Å². The van der Waals surface area contributed by atoms with E-state index in [9.17, 15) is 0 Å². The third-order valence-corrected chi connectivity index (χ3v) is 5.58. The van der Waals surface area contributed by atoms with Gasteiger partial charge in [0.05, 0.1) is 22.1 Å². The molecule has 3 aromatic rings. The molecule has 0 saturated heterocycles. The Hall–Kier alpha value is -2.14. The summed E-state index contributed by atoms with van der Waals surface area (Å²) in [5, 5.41) is 1.17. The van der Waals surface area contributed by atoms with Crippen LogP contribution < -0.4 is 0 Å². The van der Waals surface area contributed by atoms with E-state index in [0.717, 1.165) is 22.8 Å². The highest BCUT2D eigenvalue weighted by atomic mass is 32.1. The summed E-state index contributed by atoms with van der Waals surface area (Å²) in [5.74, 6) is 0. The van der Waals surface area contributed by atoms with Crippen LogP contribution in [0.4, 0.5) is 0 Å². The lowest BCUT2D eigenvalue weighted by Gasteiger charge is -2.09. The molecule has 146 valence electrons. The van der Waals surface area contributed by atoms with E-state index in [1.54, 1.807) is 23.7 Å². The molecule has 0 aliphatic rings. The Morgan fingerprint density at radius 3 is 1.26 bits per heavy atom. The zero-order chi connectivity index (χ0) is 20.7. The Morgan fingerprint density at radius 1 is 0.556 bits per heavy atom. The summed E-state index contributed by atoms with van der Waals surface area (Å²) in [6.07, 6.45) is 3.52. The average molecular weight is 385 g/mol. The first-order valence-electron chi connectivity index (χ1n) is 9.09. The van der Waals surface area contributed by atoms with Gasteiger partial charge in [0.25, 0.3) is 0 Å². The second-order valence-corrected chi connectivity index (χ2v) is 8.24. The van der Waals surface area contributed by atoms with Gasteiger partial charge in [-0.2, -0.15) is 0 Å². The van der Waals surface area contributed by atoms with Crippen LogP contribution in [0.3, 0.4) is 0 Å². The van der Waals surface area contributed by atoms with Gasteiger partial charge in [0.2, 0.25) is 0 Å². The van der Waals surface area contributed by atoms with Crippen molar-refractivity contribution < 1.29 is 0 Å². The Kier molecular flexibility index (Phi) is 8.70. The van der Waals surface area contributed by atoms with Crippen molar-refractivity contribution in [1.82, 2.24) is 19.9 Å². The van der Waals surface area contributed by atoms with Crippen molar-refractivity contribution in [3.05, 3.63) is 67.4 Å². The van der Waals surface area contributed by atoms with E-state index in [-0.39, 0.29) is 0 Å². The van der Waals surface area contributed by atoms with Crippen LogP contribution in [0.5, 0.6) is 0 Å². The van der Waals surface area contributed by atoms with Crippen LogP contribution in [0.2, 0.25) is 0 Å². The van der Waals surface area contributed by atoms with Crippen molar-refractivity contribution in [2.75, 3.05) is 0 Å². The number of nitrogens with zero attached hydrogens (tertiary/aromatic N) is 4. The summed E-state index contributed by atoms with van der Waals surface area (Å²) in [6.45, 7) is 20.6. The van der Waals surface area contributed by atoms with Crippen molar-refractivity contribution in [3.8, 4) is 0 Å². The molecule has 0 atom stereocenters. The molecular formula is C22H32N4S. The largest absolute Gasteiger partial charge is 0.258 e. The summed E-state index contributed by atoms with van der Waals surface area (Å²) in [6, 6.07) is 0. The number of pyridine rings is 1. The Bertz CT molecular complexity index is 814. The molecule has 0 N–H and O–H groups in total. The first kappa shape index (κ1) is 22.9. The monoisotopic (exact) mass is 384 g/mol. The molecular weight excluding hydrogens is 352 g/mol. The van der Waals surface area contributed by atoms with Gasteiger partial charge in [-0.25, -0.2) is 4.98 Å². The van der Waals surface area contributed by atoms with Gasteiger partial charge in [0, 0.05) is 28.7 Å². The van der Waals surface area contributed by atoms with Crippen LogP contribution >= 0.6 is 11.3 Å². The molecule has 3 aromatic heterocycles. The second kappa shape index (κ2) is 10.3. The summed E-state index contributed by atoms with van der Waals surface area (Å²) in [4.78, 5) is 18.0. The fraction of sp³-hybridized carbons (Fsp3) is 0.455. The van der Waals surface area contributed by atoms with E-state index in [2.05, 4.69) is 61.5 Å². The number of rotatable bonds is 0. The number of thiazole rings is 1. The van der Waals surface area contributed by atoms with Gasteiger partial charge in [-0.3, -0.25) is 15.0 Å². The molecule has 27 heavy (non-hydrogen) atoms. The maximum atomic E-state index is 4.43. The highest BCUT2D eigenvalue weighted by Gasteiger charge is 2.04. The van der Waals surface area contributed by atoms with Crippen molar-refractivity contribution in [3.63, 3.8) is 0 Å². The smallest absolute Gasteiger partial charge is 0.0899 e. The van der Waals surface area contributed by atoms with Crippen LogP contribution in [-0.4, -0.2) is 19.9 Å². The summed E-state index contributed by atoms with van der Waals surface area (Å²) in [5.41, 5.74) is 9.46. The molecule has 0 aliphatic carbocycles. The van der Waals surface area contributed by atoms with E-state index in [1.165, 1.54) is 32.3 Å². The third kappa shape index (κ3) is 7.18. The van der Waals surface area contributed by atoms with Crippen molar-refractivity contribution in [1.29, 1.82) is 0 Å². The summed E-state index contributed by atoms with van der Waals surface area (Å²) in [7, 11) is 0. The highest BCUT2D eigenvalue weighted by Crippen LogP contribution is 2.16. The molecule has 3 rings (SSSR count). The topological polar surface area (TPSA) is 51.6 Å². The molecule has 0 spiro atoms. The predicted molar refractivity (Wildman–Crippen MR) is 116 cm³/mol. The summed E-state index contributed by atoms with van der Waals surface area (Å²) < 4.78 is 0. The van der Waals surface area contributed by atoms with E-state index in [0.29, 0.717) is 0 Å². The molecule has 0 unspecified atom stereocenters. The van der Waals surface area contributed by atoms with Gasteiger partial charge in [-0.1, -0.05) is 0 Å². The van der Waals surface area contributed by atoms with Crippen LogP contribution in [0.1, 0.15) is 55.0 Å². The molecule has 0 radical (unpaired) electrons. The summed E-state index contributed by atoms with van der Waals surface area (Å²) >= 11 is 1.76. The lowest BCUT2D eigenvalue weighted by molar-refractivity contribution is 1.03. The molecule has 4 nitrogen and oxygen atoms in total. The molecule has 0 amide bonds. The molecule has 5 heteroatoms. The number of hydrogen-bond acceptors (Lipinski definition) is 5. The lowest BCUT2D eigenvalue weighted by Crippen LogP contribution is -1.98. The molecule has 0 aliphatic heterocycles. The van der Waals surface area contributed by atoms with Crippen molar-refractivity contribution in [2.24, 2.45) is 0 Å². The van der Waals surface area contributed by atoms with Crippen LogP contribution in [0.25, 0.3) is 0 Å². The molecule has 3 heterocycles. The minimum atomic E-state index is 0.968. The van der Waals surface area contributed by atoms with Crippen LogP contribution in [-0.2, 0) is 0 Å². The number of aromatic nitrogens is 4. The number of aryl methyl sites for hydroxylation is 7. The second-order valence-electron chi connectivity index (χ2n) is 6.83. The van der Waals surface area contributed by atoms with E-state index in [1.807, 2.05) is 27.7 Å². The van der Waals surface area contributed by atoms with Gasteiger partial charge in [-0.15, -0.1) is 11.3 Å². The fourth-order valence-electron chi connectivity index (χ4n) is 2.33. The third-order valence-electron chi connectivity index (χ3n) is 4.59. The highest BCUT2D eigenvalue weighted by molar-refractivity contribution is 7.11. The van der Waals surface area contributed by atoms with Gasteiger partial charge < -0.3 is 0 Å². The maximum absolute atomic E-state index is 4.43. The van der Waals surface area contributed by atoms with Crippen molar-refractivity contribution in [2.45, 2.75) is 69.2 Å². The fourth-order valence-corrected chi connectivity index (χ4v) is 3.15. The lowest BCUT2D eigenvalue weighted by atomic mass is 10.0. The Balaban J connectivity index is 0.000000206. The van der Waals surface area contributed by atoms with Gasteiger partial charge >= 0.3 is 0 Å². The van der Waals surface area contributed by atoms with Crippen molar-refractivity contribution >= 4 is 11.3 Å². The quantitative estimate of drug-likeness (QED) is 0.492. The number of hydrogen-bond donors (Lipinski definition) is 0. The average Bonchev–Trinajstić information content (AvgIpc) is 2.90. The zero-order valence-electron chi connectivity index (χ0n) is 18.4. The standard InChI is InChI=1S/C10H15N.C6H8N2.C6H9NS/c1-6-7(2)9(4)11-10(5)8(6)3;1-5-3-8-6(2)4-7-5;1-4-5(2)8-6(3)7-4/h1-5H3;3-4H,1-2H3;1-3H3. The minimum absolute atomic E-state index is 0.968. The minimum Gasteiger partial charge on any atom is -0.258 e. The zero-order valence-corrected chi connectivity index (χ0v) is 19.2. The van der Waals surface area contributed by atoms with E-state index < -0.39 is 0 Å². The normalized spacial score (nSPS) is 9.85.